The molecule has 1 atom stereocenters. The molecule has 0 bridgehead atoms. The molecule has 1 aliphatic heterocycles. The highest BCUT2D eigenvalue weighted by Crippen LogP contribution is 2.23. The number of amides is 1. The zero-order chi connectivity index (χ0) is 22.1. The van der Waals surface area contributed by atoms with E-state index in [-0.39, 0.29) is 25.4 Å². The van der Waals surface area contributed by atoms with Crippen LogP contribution in [0.25, 0.3) is 0 Å². The second kappa shape index (κ2) is 10.8. The third-order valence-corrected chi connectivity index (χ3v) is 4.56. The Labute approximate surface area is 176 Å². The molecule has 30 heavy (non-hydrogen) atoms. The first-order valence-electron chi connectivity index (χ1n) is 9.53. The third-order valence-electron chi connectivity index (χ3n) is 4.56. The molecule has 3 rings (SSSR count). The maximum atomic E-state index is 11.7. The molecule has 8 nitrogen and oxygen atoms in total. The fraction of sp³-hybridized carbons (Fsp3) is 0.273. The molecule has 2 aromatic rings. The number of amidine groups is 1. The zero-order valence-electron chi connectivity index (χ0n) is 16.8. The Morgan fingerprint density at radius 2 is 1.87 bits per heavy atom. The number of hydrogen-bond donors (Lipinski definition) is 5. The quantitative estimate of drug-likeness (QED) is 0.376. The van der Waals surface area contributed by atoms with Gasteiger partial charge in [-0.1, -0.05) is 42.5 Å². The van der Waals surface area contributed by atoms with E-state index in [0.29, 0.717) is 24.9 Å². The summed E-state index contributed by atoms with van der Waals surface area (Å²) < 4.78 is 0. The van der Waals surface area contributed by atoms with E-state index in [1.807, 2.05) is 36.4 Å². The van der Waals surface area contributed by atoms with Gasteiger partial charge in [0.05, 0.1) is 12.5 Å². The molecule has 0 radical (unpaired) electrons. The van der Waals surface area contributed by atoms with Crippen LogP contribution in [0.5, 0.6) is 0 Å². The number of ketones is 1. The van der Waals surface area contributed by atoms with Gasteiger partial charge in [-0.25, -0.2) is 0 Å². The van der Waals surface area contributed by atoms with Crippen LogP contribution < -0.4 is 16.4 Å². The number of carboxylic acids is 1. The predicted molar refractivity (Wildman–Crippen MR) is 117 cm³/mol. The van der Waals surface area contributed by atoms with Crippen molar-refractivity contribution in [2.45, 2.75) is 38.8 Å². The van der Waals surface area contributed by atoms with Crippen molar-refractivity contribution in [3.8, 4) is 0 Å². The topological polar surface area (TPSA) is 145 Å². The Hall–Kier alpha value is -3.68. The van der Waals surface area contributed by atoms with E-state index in [9.17, 15) is 14.4 Å². The lowest BCUT2D eigenvalue weighted by Crippen LogP contribution is -2.30. The van der Waals surface area contributed by atoms with Crippen molar-refractivity contribution in [3.63, 3.8) is 0 Å². The zero-order valence-corrected chi connectivity index (χ0v) is 16.8. The SMILES string of the molecule is CC(=O)NCc1ccc(C(=N)N)cc1.O=C(O)CC1Nc2ccccc2CCC1=O.[HH]. The summed E-state index contributed by atoms with van der Waals surface area (Å²) in [5, 5.41) is 21.6. The van der Waals surface area contributed by atoms with E-state index in [1.54, 1.807) is 12.1 Å². The van der Waals surface area contributed by atoms with Crippen molar-refractivity contribution in [2.24, 2.45) is 5.73 Å². The molecule has 2 aromatic carbocycles. The number of benzene rings is 2. The van der Waals surface area contributed by atoms with Gasteiger partial charge in [0.15, 0.2) is 5.78 Å². The molecule has 1 aliphatic rings. The lowest BCUT2D eigenvalue weighted by atomic mass is 10.0. The molecule has 1 amide bonds. The highest BCUT2D eigenvalue weighted by Gasteiger charge is 2.24. The van der Waals surface area contributed by atoms with Gasteiger partial charge >= 0.3 is 5.97 Å². The Morgan fingerprint density at radius 1 is 1.20 bits per heavy atom. The molecule has 1 unspecified atom stereocenters. The Bertz CT molecular complexity index is 931. The largest absolute Gasteiger partial charge is 0.481 e. The number of carbonyl (C=O) groups excluding carboxylic acids is 2. The van der Waals surface area contributed by atoms with Gasteiger partial charge in [-0.2, -0.15) is 0 Å². The van der Waals surface area contributed by atoms with E-state index in [1.165, 1.54) is 6.92 Å². The normalized spacial score (nSPS) is 14.8. The number of Topliss-reactive ketones (excluding diaryl/α,β-unsaturated/α-hetero) is 1. The van der Waals surface area contributed by atoms with Crippen LogP contribution in [-0.4, -0.2) is 34.6 Å². The van der Waals surface area contributed by atoms with E-state index in [0.717, 1.165) is 16.8 Å². The smallest absolute Gasteiger partial charge is 0.305 e. The van der Waals surface area contributed by atoms with Crippen molar-refractivity contribution < 1.29 is 20.9 Å². The average Bonchev–Trinajstić information content (AvgIpc) is 2.86. The highest BCUT2D eigenvalue weighted by atomic mass is 16.4. The number of para-hydroxylation sites is 1. The van der Waals surface area contributed by atoms with Gasteiger partial charge in [0.25, 0.3) is 0 Å². The second-order valence-corrected chi connectivity index (χ2v) is 6.94. The maximum absolute atomic E-state index is 11.7. The van der Waals surface area contributed by atoms with Crippen molar-refractivity contribution in [1.29, 1.82) is 5.41 Å². The minimum atomic E-state index is -0.953. The lowest BCUT2D eigenvalue weighted by molar-refractivity contribution is -0.138. The summed E-state index contributed by atoms with van der Waals surface area (Å²) in [6.45, 7) is 1.98. The van der Waals surface area contributed by atoms with Crippen molar-refractivity contribution in [1.82, 2.24) is 5.32 Å². The van der Waals surface area contributed by atoms with Gasteiger partial charge in [0, 0.05) is 32.6 Å². The van der Waals surface area contributed by atoms with Gasteiger partial charge in [0.1, 0.15) is 5.84 Å². The fourth-order valence-corrected chi connectivity index (χ4v) is 2.95. The van der Waals surface area contributed by atoms with Crippen LogP contribution in [0.2, 0.25) is 0 Å². The van der Waals surface area contributed by atoms with Crippen LogP contribution in [0.15, 0.2) is 48.5 Å². The minimum Gasteiger partial charge on any atom is -0.481 e. The van der Waals surface area contributed by atoms with Crippen LogP contribution in [0.3, 0.4) is 0 Å². The van der Waals surface area contributed by atoms with Crippen molar-refractivity contribution >= 4 is 29.2 Å². The molecular weight excluding hydrogens is 384 g/mol. The number of anilines is 1. The van der Waals surface area contributed by atoms with Gasteiger partial charge in [-0.05, 0) is 23.6 Å². The summed E-state index contributed by atoms with van der Waals surface area (Å²) in [6, 6.07) is 14.2. The molecule has 6 N–H and O–H groups in total. The number of aryl methyl sites for hydroxylation is 1. The number of nitrogens with two attached hydrogens (primary N) is 1. The minimum absolute atomic E-state index is 0. The molecule has 0 fully saturated rings. The van der Waals surface area contributed by atoms with Gasteiger partial charge in [0.2, 0.25) is 5.91 Å². The number of hydrogen-bond acceptors (Lipinski definition) is 5. The first-order valence-corrected chi connectivity index (χ1v) is 9.53. The summed E-state index contributed by atoms with van der Waals surface area (Å²) in [4.78, 5) is 33.0. The highest BCUT2D eigenvalue weighted by molar-refractivity contribution is 5.95. The summed E-state index contributed by atoms with van der Waals surface area (Å²) in [5.41, 5.74) is 8.93. The lowest BCUT2D eigenvalue weighted by Gasteiger charge is -2.14. The molecule has 0 saturated heterocycles. The molecule has 0 saturated carbocycles. The van der Waals surface area contributed by atoms with Crippen LogP contribution in [0.4, 0.5) is 5.69 Å². The first-order chi connectivity index (χ1) is 14.3. The molecule has 160 valence electrons. The molecule has 0 spiro atoms. The number of rotatable bonds is 5. The molecule has 0 aromatic heterocycles. The van der Waals surface area contributed by atoms with Crippen LogP contribution in [0.1, 0.15) is 37.9 Å². The van der Waals surface area contributed by atoms with E-state index in [4.69, 9.17) is 16.2 Å². The molecule has 0 aliphatic carbocycles. The molecule has 1 heterocycles. The Balaban J connectivity index is 0.000000303. The second-order valence-electron chi connectivity index (χ2n) is 6.94. The van der Waals surface area contributed by atoms with Crippen LogP contribution in [-0.2, 0) is 27.3 Å². The Morgan fingerprint density at radius 3 is 2.47 bits per heavy atom. The number of carbonyl (C=O) groups is 3. The Kier molecular flexibility index (Phi) is 8.10. The fourth-order valence-electron chi connectivity index (χ4n) is 2.95. The van der Waals surface area contributed by atoms with E-state index in [2.05, 4.69) is 10.6 Å². The summed E-state index contributed by atoms with van der Waals surface area (Å²) >= 11 is 0. The standard InChI is InChI=1S/C12H13NO3.C10H13N3O.H2/c14-11-6-5-8-3-1-2-4-9(8)13-10(11)7-12(15)16;1-7(14)13-6-8-2-4-9(5-3-8)10(11)12;/h1-4,10,13H,5-7H2,(H,15,16);2-5H,6H2,1H3,(H3,11,12)(H,13,14);1H. The van der Waals surface area contributed by atoms with E-state index < -0.39 is 12.0 Å². The molecular formula is C22H28N4O4. The number of nitrogens with one attached hydrogen (secondary N) is 3. The van der Waals surface area contributed by atoms with Gasteiger partial charge < -0.3 is 21.5 Å². The first kappa shape index (κ1) is 22.6. The van der Waals surface area contributed by atoms with Crippen molar-refractivity contribution in [3.05, 3.63) is 65.2 Å². The number of nitrogen functional groups attached to an aromatic ring is 1. The summed E-state index contributed by atoms with van der Waals surface area (Å²) in [5.74, 6) is -0.986. The van der Waals surface area contributed by atoms with Gasteiger partial charge in [-0.15, -0.1) is 0 Å². The van der Waals surface area contributed by atoms with Crippen LogP contribution in [0, 0.1) is 5.41 Å². The monoisotopic (exact) mass is 412 g/mol. The van der Waals surface area contributed by atoms with Crippen molar-refractivity contribution in [2.75, 3.05) is 5.32 Å². The number of aliphatic carboxylic acids is 1. The van der Waals surface area contributed by atoms with Crippen LogP contribution >= 0.6 is 0 Å². The summed E-state index contributed by atoms with van der Waals surface area (Å²) in [7, 11) is 0. The molecule has 8 heteroatoms. The van der Waals surface area contributed by atoms with E-state index >= 15 is 0 Å². The van der Waals surface area contributed by atoms with Gasteiger partial charge in [-0.3, -0.25) is 19.8 Å². The maximum Gasteiger partial charge on any atom is 0.305 e. The average molecular weight is 412 g/mol. The predicted octanol–water partition coefficient (Wildman–Crippen LogP) is 2.31. The summed E-state index contributed by atoms with van der Waals surface area (Å²) in [6.07, 6.45) is 0.924. The number of fused-ring (bicyclic) bond motifs is 1. The number of carboxylic acid groups (broad SMARTS) is 1. The third kappa shape index (κ3) is 7.05.